The first-order chi connectivity index (χ1) is 15.5. The fraction of sp³-hybridized carbons (Fsp3) is 0.0769. The molecular formula is C26H17F2N3O. The number of fused-ring (bicyclic) bond motifs is 3. The van der Waals surface area contributed by atoms with Gasteiger partial charge in [0.05, 0.1) is 17.1 Å². The highest BCUT2D eigenvalue weighted by Crippen LogP contribution is 2.51. The Bertz CT molecular complexity index is 1450. The zero-order chi connectivity index (χ0) is 22.0. The number of hydrogen-bond donors (Lipinski definition) is 1. The molecule has 4 nitrogen and oxygen atoms in total. The van der Waals surface area contributed by atoms with Gasteiger partial charge in [0.1, 0.15) is 17.5 Å². The molecule has 6 rings (SSSR count). The van der Waals surface area contributed by atoms with E-state index in [1.165, 1.54) is 18.2 Å². The van der Waals surface area contributed by atoms with Crippen molar-refractivity contribution in [3.63, 3.8) is 0 Å². The first-order valence-corrected chi connectivity index (χ1v) is 10.3. The van der Waals surface area contributed by atoms with Crippen molar-refractivity contribution in [2.45, 2.75) is 12.8 Å². The van der Waals surface area contributed by atoms with Gasteiger partial charge in [0, 0.05) is 33.7 Å². The summed E-state index contributed by atoms with van der Waals surface area (Å²) in [4.78, 5) is 13.5. The van der Waals surface area contributed by atoms with E-state index in [0.29, 0.717) is 39.6 Å². The monoisotopic (exact) mass is 425 g/mol. The maximum absolute atomic E-state index is 15.1. The Kier molecular flexibility index (Phi) is 3.92. The first-order valence-electron chi connectivity index (χ1n) is 10.3. The number of carbonyl (C=O) groups is 1. The molecule has 1 aliphatic heterocycles. The van der Waals surface area contributed by atoms with Crippen LogP contribution in [0.3, 0.4) is 0 Å². The minimum atomic E-state index is -0.614. The lowest BCUT2D eigenvalue weighted by molar-refractivity contribution is 0.103. The smallest absolute Gasteiger partial charge is 0.192 e. The van der Waals surface area contributed by atoms with Crippen LogP contribution < -0.4 is 5.32 Å². The summed E-state index contributed by atoms with van der Waals surface area (Å²) >= 11 is 0. The molecule has 0 spiro atoms. The molecule has 156 valence electrons. The highest BCUT2D eigenvalue weighted by atomic mass is 19.1. The van der Waals surface area contributed by atoms with E-state index in [1.807, 2.05) is 25.1 Å². The Hall–Kier alpha value is -4.06. The molecule has 32 heavy (non-hydrogen) atoms. The third-order valence-electron chi connectivity index (χ3n) is 6.17. The lowest BCUT2D eigenvalue weighted by Gasteiger charge is -2.27. The SMILES string of the molecule is Cc1nn(-c2ccc(F)cc2)c2c1C(c1ccccc1F)C1=C(N2)c2ccccc2C1=O. The lowest BCUT2D eigenvalue weighted by atomic mass is 9.80. The summed E-state index contributed by atoms with van der Waals surface area (Å²) in [7, 11) is 0. The number of carbonyl (C=O) groups excluding carboxylic acids is 1. The van der Waals surface area contributed by atoms with Crippen LogP contribution in [-0.2, 0) is 0 Å². The molecule has 0 radical (unpaired) electrons. The number of benzene rings is 3. The largest absolute Gasteiger partial charge is 0.339 e. The van der Waals surface area contributed by atoms with Crippen LogP contribution in [0.25, 0.3) is 11.4 Å². The Balaban J connectivity index is 1.65. The second-order valence-electron chi connectivity index (χ2n) is 7.98. The summed E-state index contributed by atoms with van der Waals surface area (Å²) in [6, 6.07) is 19.9. The molecule has 4 aromatic rings. The average Bonchev–Trinajstić information content (AvgIpc) is 3.29. The third-order valence-corrected chi connectivity index (χ3v) is 6.17. The average molecular weight is 425 g/mol. The molecule has 1 aliphatic carbocycles. The number of nitrogens with one attached hydrogen (secondary N) is 1. The predicted molar refractivity (Wildman–Crippen MR) is 118 cm³/mol. The van der Waals surface area contributed by atoms with Crippen LogP contribution in [0.15, 0.2) is 78.4 Å². The topological polar surface area (TPSA) is 46.9 Å². The summed E-state index contributed by atoms with van der Waals surface area (Å²) in [6.07, 6.45) is 0. The van der Waals surface area contributed by atoms with Gasteiger partial charge in [-0.3, -0.25) is 4.79 Å². The van der Waals surface area contributed by atoms with Crippen molar-refractivity contribution < 1.29 is 13.6 Å². The van der Waals surface area contributed by atoms with Crippen molar-refractivity contribution >= 4 is 17.3 Å². The number of nitrogens with zero attached hydrogens (tertiary/aromatic N) is 2. The van der Waals surface area contributed by atoms with E-state index < -0.39 is 5.92 Å². The van der Waals surface area contributed by atoms with E-state index in [-0.39, 0.29) is 17.4 Å². The molecule has 6 heteroatoms. The second kappa shape index (κ2) is 6.72. The summed E-state index contributed by atoms with van der Waals surface area (Å²) in [5.41, 5.74) is 5.04. The van der Waals surface area contributed by atoms with Crippen LogP contribution in [0, 0.1) is 18.6 Å². The van der Waals surface area contributed by atoms with Gasteiger partial charge in [-0.1, -0.05) is 42.5 Å². The molecular weight excluding hydrogens is 408 g/mol. The van der Waals surface area contributed by atoms with Gasteiger partial charge in [-0.25, -0.2) is 13.5 Å². The highest BCUT2D eigenvalue weighted by Gasteiger charge is 2.43. The lowest BCUT2D eigenvalue weighted by Crippen LogP contribution is -2.20. The summed E-state index contributed by atoms with van der Waals surface area (Å²) in [5, 5.41) is 8.09. The van der Waals surface area contributed by atoms with Crippen LogP contribution in [0.4, 0.5) is 14.6 Å². The van der Waals surface area contributed by atoms with Gasteiger partial charge in [0.25, 0.3) is 0 Å². The van der Waals surface area contributed by atoms with Crippen molar-refractivity contribution in [3.8, 4) is 5.69 Å². The summed E-state index contributed by atoms with van der Waals surface area (Å²) in [5.74, 6) is -0.808. The summed E-state index contributed by atoms with van der Waals surface area (Å²) < 4.78 is 30.3. The highest BCUT2D eigenvalue weighted by molar-refractivity contribution is 6.24. The zero-order valence-corrected chi connectivity index (χ0v) is 17.1. The van der Waals surface area contributed by atoms with E-state index in [9.17, 15) is 9.18 Å². The Morgan fingerprint density at radius 1 is 0.906 bits per heavy atom. The van der Waals surface area contributed by atoms with Crippen LogP contribution in [0.5, 0.6) is 0 Å². The van der Waals surface area contributed by atoms with Crippen molar-refractivity contribution in [2.24, 2.45) is 0 Å². The van der Waals surface area contributed by atoms with Crippen LogP contribution >= 0.6 is 0 Å². The van der Waals surface area contributed by atoms with Crippen molar-refractivity contribution in [1.29, 1.82) is 0 Å². The first kappa shape index (κ1) is 18.7. The number of Topliss-reactive ketones (excluding diaryl/α,β-unsaturated/α-hetero) is 1. The number of rotatable bonds is 2. The van der Waals surface area contributed by atoms with E-state index >= 15 is 4.39 Å². The van der Waals surface area contributed by atoms with E-state index in [2.05, 4.69) is 10.4 Å². The molecule has 0 bridgehead atoms. The van der Waals surface area contributed by atoms with Gasteiger partial charge in [0.15, 0.2) is 5.78 Å². The number of ketones is 1. The molecule has 2 heterocycles. The number of anilines is 1. The van der Waals surface area contributed by atoms with Gasteiger partial charge in [-0.2, -0.15) is 5.10 Å². The van der Waals surface area contributed by atoms with Gasteiger partial charge < -0.3 is 5.32 Å². The molecule has 0 saturated carbocycles. The minimum Gasteiger partial charge on any atom is -0.339 e. The zero-order valence-electron chi connectivity index (χ0n) is 17.1. The van der Waals surface area contributed by atoms with Gasteiger partial charge in [-0.15, -0.1) is 0 Å². The van der Waals surface area contributed by atoms with E-state index in [0.717, 1.165) is 11.1 Å². The molecule has 1 N–H and O–H groups in total. The van der Waals surface area contributed by atoms with Crippen LogP contribution in [0.2, 0.25) is 0 Å². The molecule has 0 amide bonds. The third kappa shape index (κ3) is 2.52. The van der Waals surface area contributed by atoms with Crippen LogP contribution in [0.1, 0.15) is 38.7 Å². The second-order valence-corrected chi connectivity index (χ2v) is 7.98. The fourth-order valence-electron chi connectivity index (χ4n) is 4.77. The molecule has 0 fully saturated rings. The molecule has 1 unspecified atom stereocenters. The maximum Gasteiger partial charge on any atom is 0.192 e. The maximum atomic E-state index is 15.1. The number of aromatic nitrogens is 2. The molecule has 1 aromatic heterocycles. The summed E-state index contributed by atoms with van der Waals surface area (Å²) in [6.45, 7) is 1.84. The van der Waals surface area contributed by atoms with Crippen molar-refractivity contribution in [3.05, 3.63) is 118 Å². The number of hydrogen-bond acceptors (Lipinski definition) is 3. The minimum absolute atomic E-state index is 0.115. The molecule has 1 atom stereocenters. The number of halogens is 2. The van der Waals surface area contributed by atoms with E-state index in [4.69, 9.17) is 0 Å². The Morgan fingerprint density at radius 2 is 1.59 bits per heavy atom. The Morgan fingerprint density at radius 3 is 2.34 bits per heavy atom. The number of allylic oxidation sites excluding steroid dienone is 1. The predicted octanol–water partition coefficient (Wildman–Crippen LogP) is 5.62. The molecule has 3 aromatic carbocycles. The van der Waals surface area contributed by atoms with Crippen molar-refractivity contribution in [2.75, 3.05) is 5.32 Å². The quantitative estimate of drug-likeness (QED) is 0.453. The fourth-order valence-corrected chi connectivity index (χ4v) is 4.77. The van der Waals surface area contributed by atoms with Gasteiger partial charge in [0.2, 0.25) is 0 Å². The van der Waals surface area contributed by atoms with Gasteiger partial charge >= 0.3 is 0 Å². The van der Waals surface area contributed by atoms with Crippen LogP contribution in [-0.4, -0.2) is 15.6 Å². The normalized spacial score (nSPS) is 16.5. The Labute approximate surface area is 182 Å². The van der Waals surface area contributed by atoms with Gasteiger partial charge in [-0.05, 0) is 37.3 Å². The van der Waals surface area contributed by atoms with Crippen molar-refractivity contribution in [1.82, 2.24) is 9.78 Å². The molecule has 2 aliphatic rings. The van der Waals surface area contributed by atoms with E-state index in [1.54, 1.807) is 41.1 Å². The molecule has 0 saturated heterocycles. The standard InChI is InChI=1S/C26H17F2N3O/c1-14-21-22(19-8-4-5-9-20(19)28)23-24(17-6-2-3-7-18(17)25(23)32)29-26(21)31(30-14)16-12-10-15(27)11-13-16/h2-13,22,29H,1H3. The number of aryl methyl sites for hydroxylation is 1.